The summed E-state index contributed by atoms with van der Waals surface area (Å²) < 4.78 is 52.9. The molecule has 0 bridgehead atoms. The largest absolute Gasteiger partial charge is 0.369 e. The fourth-order valence-corrected chi connectivity index (χ4v) is 2.48. The fraction of sp³-hybridized carbons (Fsp3) is 0.583. The van der Waals surface area contributed by atoms with Crippen LogP contribution in [0.1, 0.15) is 25.7 Å². The van der Waals surface area contributed by atoms with Gasteiger partial charge in [-0.15, -0.1) is 0 Å². The smallest absolute Gasteiger partial charge is 0.253 e. The van der Waals surface area contributed by atoms with E-state index in [0.717, 1.165) is 25.7 Å². The molecule has 1 aliphatic carbocycles. The maximum absolute atomic E-state index is 13.5. The minimum absolute atomic E-state index is 0.313. The molecule has 0 aromatic carbocycles. The van der Waals surface area contributed by atoms with Crippen molar-refractivity contribution in [1.82, 2.24) is 4.98 Å². The van der Waals surface area contributed by atoms with Crippen molar-refractivity contribution in [3.8, 4) is 0 Å². The van der Waals surface area contributed by atoms with Crippen molar-refractivity contribution in [3.05, 3.63) is 23.5 Å². The predicted molar refractivity (Wildman–Crippen MR) is 59.3 cm³/mol. The van der Waals surface area contributed by atoms with Crippen molar-refractivity contribution in [3.63, 3.8) is 0 Å². The number of anilines is 1. The van der Waals surface area contributed by atoms with E-state index in [1.165, 1.54) is 11.9 Å². The van der Waals surface area contributed by atoms with Crippen molar-refractivity contribution >= 4 is 5.69 Å². The zero-order valence-corrected chi connectivity index (χ0v) is 10.0. The van der Waals surface area contributed by atoms with Gasteiger partial charge < -0.3 is 4.90 Å². The molecule has 1 saturated carbocycles. The van der Waals surface area contributed by atoms with E-state index in [4.69, 9.17) is 0 Å². The highest BCUT2D eigenvalue weighted by atomic mass is 19.2. The van der Waals surface area contributed by atoms with Crippen molar-refractivity contribution in [2.45, 2.75) is 25.7 Å². The first-order valence-corrected chi connectivity index (χ1v) is 5.91. The number of hydrogen-bond donors (Lipinski definition) is 0. The van der Waals surface area contributed by atoms with E-state index in [1.54, 1.807) is 0 Å². The zero-order chi connectivity index (χ0) is 13.3. The minimum atomic E-state index is -1.61. The molecule has 0 saturated heterocycles. The third-order valence-corrected chi connectivity index (χ3v) is 3.36. The second-order valence-corrected chi connectivity index (χ2v) is 4.70. The molecule has 2 rings (SSSR count). The van der Waals surface area contributed by atoms with Crippen LogP contribution in [0.3, 0.4) is 0 Å². The molecule has 1 aromatic heterocycles. The van der Waals surface area contributed by atoms with Gasteiger partial charge in [-0.3, -0.25) is 0 Å². The second kappa shape index (κ2) is 5.12. The molecule has 1 fully saturated rings. The molecule has 1 heterocycles. The van der Waals surface area contributed by atoms with Gasteiger partial charge in [0.15, 0.2) is 0 Å². The second-order valence-electron chi connectivity index (χ2n) is 4.70. The van der Waals surface area contributed by atoms with Crippen molar-refractivity contribution in [2.24, 2.45) is 5.92 Å². The first kappa shape index (κ1) is 13.1. The Morgan fingerprint density at radius 2 is 1.56 bits per heavy atom. The van der Waals surface area contributed by atoms with Gasteiger partial charge in [-0.05, 0) is 18.8 Å². The van der Waals surface area contributed by atoms with Crippen molar-refractivity contribution in [1.29, 1.82) is 0 Å². The number of rotatable bonds is 3. The van der Waals surface area contributed by atoms with Crippen molar-refractivity contribution < 1.29 is 17.6 Å². The summed E-state index contributed by atoms with van der Waals surface area (Å²) in [5.74, 6) is -5.78. The molecule has 100 valence electrons. The molecule has 2 nitrogen and oxygen atoms in total. The lowest BCUT2D eigenvalue weighted by Crippen LogP contribution is -2.27. The van der Waals surface area contributed by atoms with Gasteiger partial charge in [0.25, 0.3) is 11.9 Å². The molecular formula is C12H14F4N2. The van der Waals surface area contributed by atoms with Crippen LogP contribution in [0.25, 0.3) is 0 Å². The summed E-state index contributed by atoms with van der Waals surface area (Å²) in [5, 5.41) is 0. The topological polar surface area (TPSA) is 16.1 Å². The van der Waals surface area contributed by atoms with Crippen molar-refractivity contribution in [2.75, 3.05) is 18.5 Å². The molecule has 0 N–H and O–H groups in total. The van der Waals surface area contributed by atoms with Gasteiger partial charge in [0.2, 0.25) is 11.6 Å². The molecule has 1 aromatic rings. The Hall–Kier alpha value is -1.33. The van der Waals surface area contributed by atoms with Crippen LogP contribution in [0.5, 0.6) is 0 Å². The molecular weight excluding hydrogens is 248 g/mol. The minimum Gasteiger partial charge on any atom is -0.369 e. The number of aromatic nitrogens is 1. The van der Waals surface area contributed by atoms with Crippen LogP contribution in [0.4, 0.5) is 23.2 Å². The predicted octanol–water partition coefficient (Wildman–Crippen LogP) is 3.26. The maximum Gasteiger partial charge on any atom is 0.253 e. The lowest BCUT2D eigenvalue weighted by Gasteiger charge is -2.23. The molecule has 0 unspecified atom stereocenters. The van der Waals surface area contributed by atoms with Crippen LogP contribution >= 0.6 is 0 Å². The van der Waals surface area contributed by atoms with Gasteiger partial charge >= 0.3 is 0 Å². The lowest BCUT2D eigenvalue weighted by atomic mass is 10.1. The van der Waals surface area contributed by atoms with Gasteiger partial charge in [0.1, 0.15) is 5.69 Å². The van der Waals surface area contributed by atoms with Gasteiger partial charge in [0, 0.05) is 13.6 Å². The molecule has 1 aliphatic rings. The van der Waals surface area contributed by atoms with Gasteiger partial charge in [0.05, 0.1) is 0 Å². The third-order valence-electron chi connectivity index (χ3n) is 3.36. The van der Waals surface area contributed by atoms with Crippen LogP contribution < -0.4 is 4.90 Å². The summed E-state index contributed by atoms with van der Waals surface area (Å²) in [6.07, 6.45) is 4.12. The standard InChI is InChI=1S/C12H14F4N2/c1-18(6-7-4-2-3-5-7)10-8(13)11(15)17-12(16)9(10)14/h7H,2-6H2,1H3. The Bertz CT molecular complexity index is 418. The van der Waals surface area contributed by atoms with Crippen LogP contribution in [-0.4, -0.2) is 18.6 Å². The van der Waals surface area contributed by atoms with E-state index in [9.17, 15) is 17.6 Å². The normalized spacial score (nSPS) is 16.3. The molecule has 0 radical (unpaired) electrons. The average molecular weight is 262 g/mol. The highest BCUT2D eigenvalue weighted by Gasteiger charge is 2.25. The summed E-state index contributed by atoms with van der Waals surface area (Å²) in [4.78, 5) is 3.77. The number of hydrogen-bond acceptors (Lipinski definition) is 2. The number of halogens is 4. The summed E-state index contributed by atoms with van der Waals surface area (Å²) in [7, 11) is 1.43. The van der Waals surface area contributed by atoms with E-state index in [1.807, 2.05) is 0 Å². The first-order chi connectivity index (χ1) is 8.50. The highest BCUT2D eigenvalue weighted by Crippen LogP contribution is 2.30. The van der Waals surface area contributed by atoms with Gasteiger partial charge in [-0.25, -0.2) is 0 Å². The van der Waals surface area contributed by atoms with Crippen LogP contribution in [0.15, 0.2) is 0 Å². The zero-order valence-electron chi connectivity index (χ0n) is 10.0. The Kier molecular flexibility index (Phi) is 3.73. The number of pyridine rings is 1. The molecule has 0 amide bonds. The number of nitrogens with zero attached hydrogens (tertiary/aromatic N) is 2. The third kappa shape index (κ3) is 2.42. The summed E-state index contributed by atoms with van der Waals surface area (Å²) >= 11 is 0. The van der Waals surface area contributed by atoms with E-state index >= 15 is 0 Å². The van der Waals surface area contributed by atoms with E-state index < -0.39 is 29.2 Å². The Balaban J connectivity index is 2.25. The SMILES string of the molecule is CN(CC1CCCC1)c1c(F)c(F)nc(F)c1F. The van der Waals surface area contributed by atoms with E-state index in [2.05, 4.69) is 4.98 Å². The quantitative estimate of drug-likeness (QED) is 0.614. The molecule has 0 atom stereocenters. The monoisotopic (exact) mass is 262 g/mol. The van der Waals surface area contributed by atoms with Gasteiger partial charge in [-0.1, -0.05) is 12.8 Å². The van der Waals surface area contributed by atoms with Crippen LogP contribution in [-0.2, 0) is 0 Å². The molecule has 6 heteroatoms. The molecule has 18 heavy (non-hydrogen) atoms. The summed E-state index contributed by atoms with van der Waals surface area (Å²) in [6, 6.07) is 0. The Labute approximate surface area is 103 Å². The highest BCUT2D eigenvalue weighted by molar-refractivity contribution is 5.47. The Morgan fingerprint density at radius 3 is 2.06 bits per heavy atom. The summed E-state index contributed by atoms with van der Waals surface area (Å²) in [6.45, 7) is 0.386. The lowest BCUT2D eigenvalue weighted by molar-refractivity contribution is 0.404. The average Bonchev–Trinajstić information content (AvgIpc) is 2.79. The molecule has 0 aliphatic heterocycles. The summed E-state index contributed by atoms with van der Waals surface area (Å²) in [5.41, 5.74) is -0.674. The first-order valence-electron chi connectivity index (χ1n) is 5.91. The fourth-order valence-electron chi connectivity index (χ4n) is 2.48. The van der Waals surface area contributed by atoms with Crippen LogP contribution in [0, 0.1) is 29.4 Å². The Morgan fingerprint density at radius 1 is 1.06 bits per heavy atom. The van der Waals surface area contributed by atoms with E-state index in [-0.39, 0.29) is 0 Å². The van der Waals surface area contributed by atoms with Crippen LogP contribution in [0.2, 0.25) is 0 Å². The molecule has 0 spiro atoms. The van der Waals surface area contributed by atoms with E-state index in [0.29, 0.717) is 12.5 Å². The van der Waals surface area contributed by atoms with Gasteiger partial charge in [-0.2, -0.15) is 22.5 Å². The maximum atomic E-state index is 13.5.